The Morgan fingerprint density at radius 3 is 2.57 bits per heavy atom. The predicted molar refractivity (Wildman–Crippen MR) is 108 cm³/mol. The van der Waals surface area contributed by atoms with Gasteiger partial charge in [-0.3, -0.25) is 4.79 Å². The molecule has 0 saturated heterocycles. The van der Waals surface area contributed by atoms with Crippen molar-refractivity contribution in [3.8, 4) is 5.75 Å². The number of amides is 1. The lowest BCUT2D eigenvalue weighted by molar-refractivity contribution is -0.143. The van der Waals surface area contributed by atoms with Crippen molar-refractivity contribution in [3.05, 3.63) is 70.8 Å². The van der Waals surface area contributed by atoms with E-state index in [2.05, 4.69) is 23.1 Å². The summed E-state index contributed by atoms with van der Waals surface area (Å²) in [6.07, 6.45) is 3.31. The molecule has 0 spiro atoms. The van der Waals surface area contributed by atoms with E-state index in [1.807, 2.05) is 48.5 Å². The maximum absolute atomic E-state index is 12.6. The molecule has 0 heterocycles. The molecule has 1 N–H and O–H groups in total. The Labute approximate surface area is 165 Å². The van der Waals surface area contributed by atoms with Crippen molar-refractivity contribution in [2.75, 3.05) is 13.7 Å². The number of carbonyl (C=O) groups excluding carboxylic acids is 2. The molecule has 2 aromatic rings. The largest absolute Gasteiger partial charge is 0.482 e. The van der Waals surface area contributed by atoms with Crippen LogP contribution in [0.25, 0.3) is 6.08 Å². The van der Waals surface area contributed by atoms with Crippen LogP contribution >= 0.6 is 0 Å². The summed E-state index contributed by atoms with van der Waals surface area (Å²) in [5.41, 5.74) is 4.27. The molecule has 1 amide bonds. The van der Waals surface area contributed by atoms with Gasteiger partial charge in [0.05, 0.1) is 7.11 Å². The van der Waals surface area contributed by atoms with Gasteiger partial charge in [0.25, 0.3) is 0 Å². The van der Waals surface area contributed by atoms with Crippen molar-refractivity contribution in [1.82, 2.24) is 5.32 Å². The highest BCUT2D eigenvalue weighted by molar-refractivity contribution is 5.81. The molecule has 2 aromatic carbocycles. The van der Waals surface area contributed by atoms with Gasteiger partial charge in [-0.1, -0.05) is 61.0 Å². The summed E-state index contributed by atoms with van der Waals surface area (Å²) < 4.78 is 10.4. The number of allylic oxidation sites excluding steroid dienone is 1. The van der Waals surface area contributed by atoms with Crippen LogP contribution in [0.1, 0.15) is 42.4 Å². The molecule has 3 rings (SSSR count). The lowest BCUT2D eigenvalue weighted by Gasteiger charge is -2.19. The third-order valence-corrected chi connectivity index (χ3v) is 4.94. The van der Waals surface area contributed by atoms with Gasteiger partial charge in [-0.2, -0.15) is 0 Å². The summed E-state index contributed by atoms with van der Waals surface area (Å²) in [5, 5.41) is 3.00. The van der Waals surface area contributed by atoms with E-state index in [0.717, 1.165) is 23.1 Å². The Bertz CT molecular complexity index is 873. The van der Waals surface area contributed by atoms with Crippen molar-refractivity contribution in [2.24, 2.45) is 0 Å². The number of hydrogen-bond donors (Lipinski definition) is 1. The maximum atomic E-state index is 12.6. The van der Waals surface area contributed by atoms with E-state index in [-0.39, 0.29) is 18.4 Å². The van der Waals surface area contributed by atoms with Gasteiger partial charge in [0.15, 0.2) is 6.61 Å². The summed E-state index contributed by atoms with van der Waals surface area (Å²) in [6.45, 7) is 2.44. The van der Waals surface area contributed by atoms with Crippen molar-refractivity contribution in [2.45, 2.75) is 32.2 Å². The van der Waals surface area contributed by atoms with E-state index in [0.29, 0.717) is 18.7 Å². The molecule has 0 fully saturated rings. The summed E-state index contributed by atoms with van der Waals surface area (Å²) in [5.74, 6) is 0.133. The molecule has 5 nitrogen and oxygen atoms in total. The van der Waals surface area contributed by atoms with Crippen LogP contribution in [0, 0.1) is 0 Å². The van der Waals surface area contributed by atoms with Gasteiger partial charge < -0.3 is 14.8 Å². The number of benzene rings is 2. The molecule has 0 aliphatic heterocycles. The normalized spacial score (nSPS) is 14.8. The molecule has 0 bridgehead atoms. The van der Waals surface area contributed by atoms with Gasteiger partial charge in [-0.15, -0.1) is 0 Å². The fourth-order valence-electron chi connectivity index (χ4n) is 3.50. The second kappa shape index (κ2) is 9.22. The number of ether oxygens (including phenoxy) is 2. The fraction of sp³-hybridized carbons (Fsp3) is 0.304. The molecular formula is C23H25NO4. The first-order valence-electron chi connectivity index (χ1n) is 9.46. The Hall–Kier alpha value is -3.08. The second-order valence-corrected chi connectivity index (χ2v) is 6.72. The van der Waals surface area contributed by atoms with E-state index in [9.17, 15) is 9.59 Å². The van der Waals surface area contributed by atoms with E-state index in [1.165, 1.54) is 12.7 Å². The molecule has 146 valence electrons. The molecule has 1 unspecified atom stereocenters. The van der Waals surface area contributed by atoms with Crippen LogP contribution in [-0.4, -0.2) is 25.6 Å². The minimum atomic E-state index is -0.434. The van der Waals surface area contributed by atoms with Gasteiger partial charge in [0, 0.05) is 24.4 Å². The number of esters is 1. The number of methoxy groups -OCH3 is 1. The van der Waals surface area contributed by atoms with E-state index >= 15 is 0 Å². The van der Waals surface area contributed by atoms with Crippen LogP contribution in [-0.2, 0) is 20.9 Å². The Kier molecular flexibility index (Phi) is 6.48. The smallest absolute Gasteiger partial charge is 0.343 e. The Morgan fingerprint density at radius 1 is 1.07 bits per heavy atom. The zero-order valence-corrected chi connectivity index (χ0v) is 16.2. The van der Waals surface area contributed by atoms with Crippen LogP contribution in [0.3, 0.4) is 0 Å². The quantitative estimate of drug-likeness (QED) is 0.708. The average Bonchev–Trinajstić information content (AvgIpc) is 3.09. The number of hydrogen-bond acceptors (Lipinski definition) is 4. The average molecular weight is 379 g/mol. The number of carbonyl (C=O) groups is 2. The van der Waals surface area contributed by atoms with Gasteiger partial charge in [-0.05, 0) is 23.6 Å². The van der Waals surface area contributed by atoms with Gasteiger partial charge in [0.1, 0.15) is 5.75 Å². The van der Waals surface area contributed by atoms with Crippen LogP contribution in [0.5, 0.6) is 5.75 Å². The first-order chi connectivity index (χ1) is 13.6. The van der Waals surface area contributed by atoms with Crippen molar-refractivity contribution in [3.63, 3.8) is 0 Å². The van der Waals surface area contributed by atoms with Crippen molar-refractivity contribution < 1.29 is 19.1 Å². The molecule has 0 aromatic heterocycles. The maximum Gasteiger partial charge on any atom is 0.343 e. The molecule has 1 aliphatic carbocycles. The Balaban J connectivity index is 1.73. The molecular weight excluding hydrogens is 354 g/mol. The zero-order valence-electron chi connectivity index (χ0n) is 16.2. The molecule has 28 heavy (non-hydrogen) atoms. The van der Waals surface area contributed by atoms with Gasteiger partial charge >= 0.3 is 5.97 Å². The lowest BCUT2D eigenvalue weighted by atomic mass is 9.90. The first kappa shape index (κ1) is 19.7. The summed E-state index contributed by atoms with van der Waals surface area (Å²) in [7, 11) is 1.33. The highest BCUT2D eigenvalue weighted by Gasteiger charge is 2.29. The molecule has 1 atom stereocenters. The fourth-order valence-corrected chi connectivity index (χ4v) is 3.50. The van der Waals surface area contributed by atoms with Crippen LogP contribution in [0.15, 0.2) is 54.1 Å². The third kappa shape index (κ3) is 4.60. The SMILES string of the molecule is CCC1=Cc2cccc(OCC(=O)OC)c2C1CC(=O)NCc1ccccc1. The van der Waals surface area contributed by atoms with Crippen LogP contribution < -0.4 is 10.1 Å². The van der Waals surface area contributed by atoms with Gasteiger partial charge in [-0.25, -0.2) is 4.79 Å². The minimum absolute atomic E-state index is 0.0103. The highest BCUT2D eigenvalue weighted by atomic mass is 16.6. The van der Waals surface area contributed by atoms with Gasteiger partial charge in [0.2, 0.25) is 5.91 Å². The number of rotatable bonds is 8. The van der Waals surface area contributed by atoms with Crippen LogP contribution in [0.4, 0.5) is 0 Å². The van der Waals surface area contributed by atoms with Crippen molar-refractivity contribution in [1.29, 1.82) is 0 Å². The minimum Gasteiger partial charge on any atom is -0.482 e. The summed E-state index contributed by atoms with van der Waals surface area (Å²) >= 11 is 0. The molecule has 1 aliphatic rings. The molecule has 0 saturated carbocycles. The van der Waals surface area contributed by atoms with E-state index in [4.69, 9.17) is 4.74 Å². The lowest BCUT2D eigenvalue weighted by Crippen LogP contribution is -2.25. The standard InChI is InChI=1S/C23H25NO4/c1-3-17-12-18-10-7-11-20(28-15-22(26)27-2)23(18)19(17)13-21(25)24-14-16-8-5-4-6-9-16/h4-12,19H,3,13-15H2,1-2H3,(H,24,25). The highest BCUT2D eigenvalue weighted by Crippen LogP contribution is 2.44. The van der Waals surface area contributed by atoms with Crippen molar-refractivity contribution >= 4 is 18.0 Å². The topological polar surface area (TPSA) is 64.6 Å². The monoisotopic (exact) mass is 379 g/mol. The Morgan fingerprint density at radius 2 is 1.86 bits per heavy atom. The second-order valence-electron chi connectivity index (χ2n) is 6.72. The van der Waals surface area contributed by atoms with E-state index < -0.39 is 5.97 Å². The summed E-state index contributed by atoms with van der Waals surface area (Å²) in [6, 6.07) is 15.6. The van der Waals surface area contributed by atoms with Crippen LogP contribution in [0.2, 0.25) is 0 Å². The number of nitrogens with one attached hydrogen (secondary N) is 1. The first-order valence-corrected chi connectivity index (χ1v) is 9.46. The predicted octanol–water partition coefficient (Wildman–Crippen LogP) is 3.84. The molecule has 5 heteroatoms. The van der Waals surface area contributed by atoms with E-state index in [1.54, 1.807) is 0 Å². The third-order valence-electron chi connectivity index (χ3n) is 4.94. The number of fused-ring (bicyclic) bond motifs is 1. The molecule has 0 radical (unpaired) electrons. The summed E-state index contributed by atoms with van der Waals surface area (Å²) in [4.78, 5) is 24.1. The zero-order chi connectivity index (χ0) is 19.9.